The number of carbonyl (C=O) groups excluding carboxylic acids is 2. The summed E-state index contributed by atoms with van der Waals surface area (Å²) in [6.07, 6.45) is 17.9. The monoisotopic (exact) mass is 422 g/mol. The van der Waals surface area contributed by atoms with Crippen LogP contribution in [0.2, 0.25) is 0 Å². The zero-order valence-electron chi connectivity index (χ0n) is 20.0. The first kappa shape index (κ1) is 26.7. The largest absolute Gasteiger partial charge is 0.465 e. The van der Waals surface area contributed by atoms with Gasteiger partial charge >= 0.3 is 11.9 Å². The lowest BCUT2D eigenvalue weighted by molar-refractivity contribution is -0.164. The molecule has 1 aliphatic carbocycles. The molecule has 0 aliphatic heterocycles. The predicted octanol–water partition coefficient (Wildman–Crippen LogP) is 6.87. The van der Waals surface area contributed by atoms with Gasteiger partial charge in [-0.2, -0.15) is 0 Å². The van der Waals surface area contributed by atoms with Gasteiger partial charge in [-0.3, -0.25) is 9.59 Å². The summed E-state index contributed by atoms with van der Waals surface area (Å²) in [6, 6.07) is 0. The van der Waals surface area contributed by atoms with Crippen molar-refractivity contribution < 1.29 is 19.1 Å². The molecule has 0 fully saturated rings. The lowest BCUT2D eigenvalue weighted by Gasteiger charge is -2.33. The molecule has 30 heavy (non-hydrogen) atoms. The molecule has 1 aliphatic rings. The fourth-order valence-corrected chi connectivity index (χ4v) is 4.27. The highest BCUT2D eigenvalue weighted by atomic mass is 16.5. The zero-order chi connectivity index (χ0) is 22.2. The number of unbranched alkanes of at least 4 members (excludes halogenated alkanes) is 10. The van der Waals surface area contributed by atoms with Crippen molar-refractivity contribution in [2.24, 2.45) is 23.7 Å². The molecule has 0 amide bonds. The van der Waals surface area contributed by atoms with E-state index in [1.165, 1.54) is 51.4 Å². The van der Waals surface area contributed by atoms with Gasteiger partial charge in [0.1, 0.15) is 0 Å². The number of carbonyl (C=O) groups is 2. The van der Waals surface area contributed by atoms with Crippen LogP contribution in [0.15, 0.2) is 12.2 Å². The van der Waals surface area contributed by atoms with Gasteiger partial charge in [0.05, 0.1) is 25.0 Å². The van der Waals surface area contributed by atoms with Crippen LogP contribution in [0.25, 0.3) is 0 Å². The Bertz CT molecular complexity index is 455. The minimum absolute atomic E-state index is 0.00940. The third-order valence-corrected chi connectivity index (χ3v) is 6.27. The van der Waals surface area contributed by atoms with Gasteiger partial charge in [0, 0.05) is 0 Å². The van der Waals surface area contributed by atoms with Crippen LogP contribution in [-0.2, 0) is 19.1 Å². The summed E-state index contributed by atoms with van der Waals surface area (Å²) in [5.74, 6) is -1.39. The highest BCUT2D eigenvalue weighted by molar-refractivity contribution is 5.83. The molecule has 0 saturated carbocycles. The van der Waals surface area contributed by atoms with Crippen molar-refractivity contribution in [2.75, 3.05) is 13.2 Å². The second kappa shape index (κ2) is 16.4. The summed E-state index contributed by atoms with van der Waals surface area (Å²) in [6.45, 7) is 9.30. The van der Waals surface area contributed by atoms with Gasteiger partial charge in [-0.1, -0.05) is 104 Å². The topological polar surface area (TPSA) is 52.6 Å². The molecule has 0 spiro atoms. The highest BCUT2D eigenvalue weighted by Crippen LogP contribution is 2.36. The summed E-state index contributed by atoms with van der Waals surface area (Å²) in [5.41, 5.74) is 0. The van der Waals surface area contributed by atoms with Gasteiger partial charge in [0.25, 0.3) is 0 Å². The van der Waals surface area contributed by atoms with Gasteiger partial charge in [-0.25, -0.2) is 0 Å². The van der Waals surface area contributed by atoms with Crippen LogP contribution in [0.1, 0.15) is 105 Å². The van der Waals surface area contributed by atoms with Crippen LogP contribution in [0.5, 0.6) is 0 Å². The van der Waals surface area contributed by atoms with E-state index in [0.717, 1.165) is 25.7 Å². The van der Waals surface area contributed by atoms with Crippen molar-refractivity contribution in [3.8, 4) is 0 Å². The molecule has 0 aromatic heterocycles. The van der Waals surface area contributed by atoms with Crippen LogP contribution in [-0.4, -0.2) is 25.2 Å². The van der Waals surface area contributed by atoms with Crippen molar-refractivity contribution in [1.29, 1.82) is 0 Å². The average Bonchev–Trinajstić information content (AvgIpc) is 2.73. The Hall–Kier alpha value is -1.32. The minimum atomic E-state index is -0.442. The Kier molecular flexibility index (Phi) is 14.6. The summed E-state index contributed by atoms with van der Waals surface area (Å²) in [7, 11) is 0. The quantitative estimate of drug-likeness (QED) is 0.155. The Labute approximate surface area is 185 Å². The maximum Gasteiger partial charge on any atom is 0.310 e. The SMILES string of the molecule is CCCCCCCCOC(=O)C1C(C)C=CC(C)C1C(=O)OCCCCCCCC. The van der Waals surface area contributed by atoms with Gasteiger partial charge < -0.3 is 9.47 Å². The highest BCUT2D eigenvalue weighted by Gasteiger charge is 2.43. The first-order valence-corrected chi connectivity index (χ1v) is 12.5. The maximum atomic E-state index is 12.8. The fraction of sp³-hybridized carbons (Fsp3) is 0.846. The number of allylic oxidation sites excluding steroid dienone is 2. The number of hydrogen-bond donors (Lipinski definition) is 0. The summed E-state index contributed by atoms with van der Waals surface area (Å²) < 4.78 is 11.2. The van der Waals surface area contributed by atoms with E-state index < -0.39 is 11.8 Å². The van der Waals surface area contributed by atoms with Crippen molar-refractivity contribution in [3.05, 3.63) is 12.2 Å². The number of ether oxygens (including phenoxy) is 2. The van der Waals surface area contributed by atoms with Gasteiger partial charge in [0.15, 0.2) is 0 Å². The first-order valence-electron chi connectivity index (χ1n) is 12.5. The molecule has 174 valence electrons. The molecule has 4 atom stereocenters. The molecule has 4 heteroatoms. The third-order valence-electron chi connectivity index (χ3n) is 6.27. The molecule has 4 unspecified atom stereocenters. The number of rotatable bonds is 16. The Balaban J connectivity index is 2.45. The van der Waals surface area contributed by atoms with Crippen molar-refractivity contribution >= 4 is 11.9 Å². The normalized spacial score (nSPS) is 23.3. The Morgan fingerprint density at radius 3 is 1.30 bits per heavy atom. The standard InChI is InChI=1S/C26H46O4/c1-5-7-9-11-13-15-19-29-25(27)23-21(3)17-18-22(4)24(23)26(28)30-20-16-14-12-10-8-6-2/h17-18,21-24H,5-16,19-20H2,1-4H3. The smallest absolute Gasteiger partial charge is 0.310 e. The second-order valence-corrected chi connectivity index (χ2v) is 9.03. The molecule has 0 saturated heterocycles. The summed E-state index contributed by atoms with van der Waals surface area (Å²) in [5, 5.41) is 0. The lowest BCUT2D eigenvalue weighted by atomic mass is 9.71. The maximum absolute atomic E-state index is 12.8. The van der Waals surface area contributed by atoms with E-state index in [1.54, 1.807) is 0 Å². The molecule has 0 aromatic rings. The molecule has 0 heterocycles. The molecule has 0 aromatic carbocycles. The Morgan fingerprint density at radius 2 is 0.933 bits per heavy atom. The molecular formula is C26H46O4. The second-order valence-electron chi connectivity index (χ2n) is 9.03. The van der Waals surface area contributed by atoms with E-state index in [4.69, 9.17) is 9.47 Å². The average molecular weight is 423 g/mol. The van der Waals surface area contributed by atoms with E-state index in [0.29, 0.717) is 13.2 Å². The van der Waals surface area contributed by atoms with E-state index >= 15 is 0 Å². The fourth-order valence-electron chi connectivity index (χ4n) is 4.27. The number of esters is 2. The lowest BCUT2D eigenvalue weighted by Crippen LogP contribution is -2.41. The van der Waals surface area contributed by atoms with E-state index in [9.17, 15) is 9.59 Å². The predicted molar refractivity (Wildman–Crippen MR) is 123 cm³/mol. The summed E-state index contributed by atoms with van der Waals surface area (Å²) >= 11 is 0. The molecular weight excluding hydrogens is 376 g/mol. The molecule has 4 nitrogen and oxygen atoms in total. The molecule has 1 rings (SSSR count). The van der Waals surface area contributed by atoms with Crippen molar-refractivity contribution in [2.45, 2.75) is 105 Å². The van der Waals surface area contributed by atoms with Crippen LogP contribution < -0.4 is 0 Å². The van der Waals surface area contributed by atoms with Crippen molar-refractivity contribution in [3.63, 3.8) is 0 Å². The van der Waals surface area contributed by atoms with E-state index in [2.05, 4.69) is 13.8 Å². The third kappa shape index (κ3) is 10.1. The van der Waals surface area contributed by atoms with Crippen LogP contribution in [0.4, 0.5) is 0 Å². The zero-order valence-corrected chi connectivity index (χ0v) is 20.0. The van der Waals surface area contributed by atoms with E-state index in [1.807, 2.05) is 26.0 Å². The van der Waals surface area contributed by atoms with Crippen LogP contribution in [0, 0.1) is 23.7 Å². The molecule has 0 N–H and O–H groups in total. The van der Waals surface area contributed by atoms with Gasteiger partial charge in [-0.15, -0.1) is 0 Å². The molecule has 0 radical (unpaired) electrons. The van der Waals surface area contributed by atoms with Gasteiger partial charge in [0.2, 0.25) is 0 Å². The van der Waals surface area contributed by atoms with E-state index in [-0.39, 0.29) is 23.8 Å². The molecule has 0 bridgehead atoms. The van der Waals surface area contributed by atoms with Crippen LogP contribution in [0.3, 0.4) is 0 Å². The Morgan fingerprint density at radius 1 is 0.600 bits per heavy atom. The first-order chi connectivity index (χ1) is 14.5. The summed E-state index contributed by atoms with van der Waals surface area (Å²) in [4.78, 5) is 25.6. The number of hydrogen-bond acceptors (Lipinski definition) is 4. The minimum Gasteiger partial charge on any atom is -0.465 e. The van der Waals surface area contributed by atoms with Crippen LogP contribution >= 0.6 is 0 Å². The van der Waals surface area contributed by atoms with Crippen molar-refractivity contribution in [1.82, 2.24) is 0 Å². The van der Waals surface area contributed by atoms with Gasteiger partial charge in [-0.05, 0) is 24.7 Å².